The second kappa shape index (κ2) is 4.20. The molecule has 0 bridgehead atoms. The standard InChI is InChI=1S/C11H15ClN2/c1-9-3-2-4-10(11(9)12)14-7-5-13-6-8-14/h2-4,13H,5-8H2,1H3. The highest BCUT2D eigenvalue weighted by atomic mass is 35.5. The number of anilines is 1. The first-order valence-electron chi connectivity index (χ1n) is 5.00. The number of hydrogen-bond acceptors (Lipinski definition) is 2. The van der Waals surface area contributed by atoms with Crippen LogP contribution in [0.25, 0.3) is 0 Å². The number of nitrogens with zero attached hydrogens (tertiary/aromatic N) is 1. The lowest BCUT2D eigenvalue weighted by Gasteiger charge is -2.30. The lowest BCUT2D eigenvalue weighted by molar-refractivity contribution is 0.589. The number of benzene rings is 1. The molecule has 1 saturated heterocycles. The Morgan fingerprint density at radius 3 is 2.71 bits per heavy atom. The van der Waals surface area contributed by atoms with Gasteiger partial charge < -0.3 is 10.2 Å². The summed E-state index contributed by atoms with van der Waals surface area (Å²) < 4.78 is 0. The highest BCUT2D eigenvalue weighted by Gasteiger charge is 2.13. The van der Waals surface area contributed by atoms with Crippen LogP contribution in [-0.2, 0) is 0 Å². The van der Waals surface area contributed by atoms with Crippen molar-refractivity contribution in [2.24, 2.45) is 0 Å². The second-order valence-electron chi connectivity index (χ2n) is 3.65. The van der Waals surface area contributed by atoms with Crippen LogP contribution in [0, 0.1) is 6.92 Å². The van der Waals surface area contributed by atoms with Crippen molar-refractivity contribution in [2.75, 3.05) is 31.1 Å². The van der Waals surface area contributed by atoms with E-state index in [1.54, 1.807) is 0 Å². The molecular formula is C11H15ClN2. The quantitative estimate of drug-likeness (QED) is 0.764. The summed E-state index contributed by atoms with van der Waals surface area (Å²) in [7, 11) is 0. The Morgan fingerprint density at radius 2 is 2.00 bits per heavy atom. The van der Waals surface area contributed by atoms with Crippen molar-refractivity contribution >= 4 is 17.3 Å². The van der Waals surface area contributed by atoms with Crippen molar-refractivity contribution in [2.45, 2.75) is 6.92 Å². The minimum atomic E-state index is 0.898. The molecule has 2 rings (SSSR count). The SMILES string of the molecule is Cc1cccc(N2CCNCC2)c1Cl. The van der Waals surface area contributed by atoms with Crippen LogP contribution < -0.4 is 10.2 Å². The van der Waals surface area contributed by atoms with Crippen molar-refractivity contribution in [3.05, 3.63) is 28.8 Å². The lowest BCUT2D eigenvalue weighted by atomic mass is 10.2. The largest absolute Gasteiger partial charge is 0.368 e. The van der Waals surface area contributed by atoms with Crippen LogP contribution in [0.4, 0.5) is 5.69 Å². The highest BCUT2D eigenvalue weighted by molar-refractivity contribution is 6.34. The smallest absolute Gasteiger partial charge is 0.0668 e. The summed E-state index contributed by atoms with van der Waals surface area (Å²) in [6.45, 7) is 6.23. The normalized spacial score (nSPS) is 17.1. The zero-order valence-corrected chi connectivity index (χ0v) is 9.14. The summed E-state index contributed by atoms with van der Waals surface area (Å²) in [6.07, 6.45) is 0. The molecular weight excluding hydrogens is 196 g/mol. The van der Waals surface area contributed by atoms with Crippen LogP contribution >= 0.6 is 11.6 Å². The topological polar surface area (TPSA) is 15.3 Å². The van der Waals surface area contributed by atoms with E-state index in [1.807, 2.05) is 13.0 Å². The van der Waals surface area contributed by atoms with Crippen LogP contribution in [0.2, 0.25) is 5.02 Å². The summed E-state index contributed by atoms with van der Waals surface area (Å²) >= 11 is 6.26. The van der Waals surface area contributed by atoms with Gasteiger partial charge in [-0.2, -0.15) is 0 Å². The van der Waals surface area contributed by atoms with Gasteiger partial charge in [0.05, 0.1) is 10.7 Å². The maximum absolute atomic E-state index is 6.26. The van der Waals surface area contributed by atoms with E-state index in [9.17, 15) is 0 Å². The molecule has 1 aliphatic rings. The van der Waals surface area contributed by atoms with Crippen LogP contribution in [-0.4, -0.2) is 26.2 Å². The summed E-state index contributed by atoms with van der Waals surface area (Å²) in [5.41, 5.74) is 2.33. The molecule has 0 radical (unpaired) electrons. The van der Waals surface area contributed by atoms with E-state index >= 15 is 0 Å². The molecule has 0 aliphatic carbocycles. The average molecular weight is 211 g/mol. The van der Waals surface area contributed by atoms with E-state index < -0.39 is 0 Å². The van der Waals surface area contributed by atoms with Crippen LogP contribution in [0.5, 0.6) is 0 Å². The molecule has 1 aliphatic heterocycles. The molecule has 1 aromatic carbocycles. The number of halogens is 1. The number of nitrogens with one attached hydrogen (secondary N) is 1. The first-order chi connectivity index (χ1) is 6.79. The predicted molar refractivity (Wildman–Crippen MR) is 61.3 cm³/mol. The molecule has 1 N–H and O–H groups in total. The molecule has 2 nitrogen and oxygen atoms in total. The highest BCUT2D eigenvalue weighted by Crippen LogP contribution is 2.28. The minimum absolute atomic E-state index is 0.898. The zero-order chi connectivity index (χ0) is 9.97. The van der Waals surface area contributed by atoms with Crippen molar-refractivity contribution in [3.8, 4) is 0 Å². The van der Waals surface area contributed by atoms with Crippen molar-refractivity contribution < 1.29 is 0 Å². The molecule has 1 aromatic rings. The molecule has 0 unspecified atom stereocenters. The fourth-order valence-electron chi connectivity index (χ4n) is 1.78. The van der Waals surface area contributed by atoms with Gasteiger partial charge in [-0.3, -0.25) is 0 Å². The molecule has 0 spiro atoms. The molecule has 1 heterocycles. The molecule has 0 saturated carbocycles. The molecule has 1 fully saturated rings. The number of rotatable bonds is 1. The van der Waals surface area contributed by atoms with E-state index in [1.165, 1.54) is 5.69 Å². The summed E-state index contributed by atoms with van der Waals surface area (Å²) in [4.78, 5) is 2.34. The first kappa shape index (κ1) is 9.81. The lowest BCUT2D eigenvalue weighted by Crippen LogP contribution is -2.43. The maximum atomic E-state index is 6.26. The number of aryl methyl sites for hydroxylation is 1. The van der Waals surface area contributed by atoms with Crippen molar-refractivity contribution in [1.29, 1.82) is 0 Å². The molecule has 14 heavy (non-hydrogen) atoms. The monoisotopic (exact) mass is 210 g/mol. The summed E-state index contributed by atoms with van der Waals surface area (Å²) in [5, 5.41) is 4.23. The van der Waals surface area contributed by atoms with Gasteiger partial charge in [0.1, 0.15) is 0 Å². The van der Waals surface area contributed by atoms with Gasteiger partial charge in [-0.05, 0) is 18.6 Å². The average Bonchev–Trinajstić information content (AvgIpc) is 2.23. The van der Waals surface area contributed by atoms with Gasteiger partial charge in [0.15, 0.2) is 0 Å². The Balaban J connectivity index is 2.26. The Bertz CT molecular complexity index is 319. The molecule has 0 amide bonds. The van der Waals surface area contributed by atoms with E-state index in [-0.39, 0.29) is 0 Å². The van der Waals surface area contributed by atoms with Gasteiger partial charge in [0, 0.05) is 26.2 Å². The Kier molecular flexibility index (Phi) is 2.94. The van der Waals surface area contributed by atoms with E-state index in [2.05, 4.69) is 22.3 Å². The maximum Gasteiger partial charge on any atom is 0.0668 e. The van der Waals surface area contributed by atoms with E-state index in [4.69, 9.17) is 11.6 Å². The van der Waals surface area contributed by atoms with Gasteiger partial charge in [0.2, 0.25) is 0 Å². The Morgan fingerprint density at radius 1 is 1.29 bits per heavy atom. The third-order valence-electron chi connectivity index (χ3n) is 2.63. The molecule has 76 valence electrons. The third-order valence-corrected chi connectivity index (χ3v) is 3.12. The predicted octanol–water partition coefficient (Wildman–Crippen LogP) is 2.06. The summed E-state index contributed by atoms with van der Waals surface area (Å²) in [5.74, 6) is 0. The van der Waals surface area contributed by atoms with Crippen molar-refractivity contribution in [3.63, 3.8) is 0 Å². The third kappa shape index (κ3) is 1.86. The first-order valence-corrected chi connectivity index (χ1v) is 5.37. The molecule has 0 atom stereocenters. The van der Waals surface area contributed by atoms with Crippen LogP contribution in [0.15, 0.2) is 18.2 Å². The molecule has 3 heteroatoms. The number of piperazine rings is 1. The van der Waals surface area contributed by atoms with E-state index in [0.717, 1.165) is 36.8 Å². The van der Waals surface area contributed by atoms with Crippen LogP contribution in [0.1, 0.15) is 5.56 Å². The van der Waals surface area contributed by atoms with Crippen LogP contribution in [0.3, 0.4) is 0 Å². The van der Waals surface area contributed by atoms with Gasteiger partial charge in [-0.15, -0.1) is 0 Å². The number of hydrogen-bond donors (Lipinski definition) is 1. The fraction of sp³-hybridized carbons (Fsp3) is 0.455. The van der Waals surface area contributed by atoms with Gasteiger partial charge in [-0.25, -0.2) is 0 Å². The minimum Gasteiger partial charge on any atom is -0.368 e. The van der Waals surface area contributed by atoms with E-state index in [0.29, 0.717) is 0 Å². The molecule has 0 aromatic heterocycles. The van der Waals surface area contributed by atoms with Gasteiger partial charge in [0.25, 0.3) is 0 Å². The Hall–Kier alpha value is -0.730. The zero-order valence-electron chi connectivity index (χ0n) is 8.39. The van der Waals surface area contributed by atoms with Gasteiger partial charge in [-0.1, -0.05) is 23.7 Å². The summed E-state index contributed by atoms with van der Waals surface area (Å²) in [6, 6.07) is 6.22. The Labute approximate surface area is 89.9 Å². The van der Waals surface area contributed by atoms with Gasteiger partial charge >= 0.3 is 0 Å². The second-order valence-corrected chi connectivity index (χ2v) is 4.02. The van der Waals surface area contributed by atoms with Crippen molar-refractivity contribution in [1.82, 2.24) is 5.32 Å². The fourth-order valence-corrected chi connectivity index (χ4v) is 2.03.